The van der Waals surface area contributed by atoms with Crippen molar-refractivity contribution in [2.45, 2.75) is 0 Å². The highest BCUT2D eigenvalue weighted by molar-refractivity contribution is 5.45. The Bertz CT molecular complexity index is 369. The number of pyridine rings is 1. The Kier molecular flexibility index (Phi) is 4.04. The van der Waals surface area contributed by atoms with Gasteiger partial charge in [-0.15, -0.1) is 0 Å². The summed E-state index contributed by atoms with van der Waals surface area (Å²) in [6.07, 6.45) is 3.51. The maximum atomic E-state index is 8.03. The maximum Gasteiger partial charge on any atom is 0.213 e. The van der Waals surface area contributed by atoms with Crippen molar-refractivity contribution in [3.63, 3.8) is 0 Å². The summed E-state index contributed by atoms with van der Waals surface area (Å²) >= 11 is 0. The molecule has 0 atom stereocenters. The lowest BCUT2D eigenvalue weighted by Gasteiger charge is -1.98. The molecule has 0 aromatic carbocycles. The molecule has 72 valence electrons. The third kappa shape index (κ3) is 3.16. The van der Waals surface area contributed by atoms with Crippen LogP contribution in [0, 0.1) is 0 Å². The van der Waals surface area contributed by atoms with Gasteiger partial charge >= 0.3 is 0 Å². The van der Waals surface area contributed by atoms with E-state index in [1.165, 1.54) is 0 Å². The van der Waals surface area contributed by atoms with Gasteiger partial charge in [-0.05, 0) is 17.7 Å². The van der Waals surface area contributed by atoms with E-state index in [9.17, 15) is 0 Å². The van der Waals surface area contributed by atoms with Crippen molar-refractivity contribution >= 4 is 6.08 Å². The molecule has 1 rings (SSSR count). The molecule has 0 amide bonds. The lowest BCUT2D eigenvalue weighted by atomic mass is 10.3. The fourth-order valence-corrected chi connectivity index (χ4v) is 0.894. The largest absolute Gasteiger partial charge is 0.481 e. The van der Waals surface area contributed by atoms with Gasteiger partial charge in [0.05, 0.1) is 12.8 Å². The van der Waals surface area contributed by atoms with Crippen molar-refractivity contribution in [2.75, 3.05) is 13.7 Å². The number of azide groups is 1. The van der Waals surface area contributed by atoms with Gasteiger partial charge in [0, 0.05) is 17.5 Å². The second kappa shape index (κ2) is 5.61. The Morgan fingerprint density at radius 2 is 2.50 bits per heavy atom. The van der Waals surface area contributed by atoms with Crippen molar-refractivity contribution in [3.8, 4) is 5.88 Å². The lowest BCUT2D eigenvalue weighted by molar-refractivity contribution is 0.397. The standard InChI is InChI=1S/C9H10N4O/c1-14-9-6-2-4-8(12-9)5-3-7-11-13-10/h2-6H,7H2,1H3. The zero-order valence-corrected chi connectivity index (χ0v) is 7.79. The molecule has 0 aliphatic rings. The molecule has 0 saturated carbocycles. The molecule has 5 heteroatoms. The van der Waals surface area contributed by atoms with Gasteiger partial charge in [0.2, 0.25) is 5.88 Å². The van der Waals surface area contributed by atoms with Gasteiger partial charge in [-0.1, -0.05) is 17.3 Å². The SMILES string of the molecule is COc1cccc(C=CCN=[N+]=[N-])n1. The highest BCUT2D eigenvalue weighted by Gasteiger charge is 1.91. The number of aromatic nitrogens is 1. The Hall–Kier alpha value is -2.00. The molecule has 14 heavy (non-hydrogen) atoms. The Balaban J connectivity index is 2.66. The predicted octanol–water partition coefficient (Wildman–Crippen LogP) is 2.41. The summed E-state index contributed by atoms with van der Waals surface area (Å²) in [4.78, 5) is 6.77. The number of methoxy groups -OCH3 is 1. The summed E-state index contributed by atoms with van der Waals surface area (Å²) in [6.45, 7) is 0.329. The molecule has 1 aromatic rings. The first-order chi connectivity index (χ1) is 6.86. The van der Waals surface area contributed by atoms with E-state index >= 15 is 0 Å². The summed E-state index contributed by atoms with van der Waals surface area (Å²) in [5.74, 6) is 0.566. The van der Waals surface area contributed by atoms with E-state index in [-0.39, 0.29) is 0 Å². The summed E-state index contributed by atoms with van der Waals surface area (Å²) in [7, 11) is 1.57. The van der Waals surface area contributed by atoms with E-state index < -0.39 is 0 Å². The average Bonchev–Trinajstić information content (AvgIpc) is 2.25. The molecule has 0 aliphatic heterocycles. The van der Waals surface area contributed by atoms with Gasteiger partial charge < -0.3 is 4.74 Å². The molecule has 0 aliphatic carbocycles. The van der Waals surface area contributed by atoms with E-state index in [0.29, 0.717) is 12.4 Å². The van der Waals surface area contributed by atoms with Crippen molar-refractivity contribution in [3.05, 3.63) is 40.4 Å². The molecule has 0 fully saturated rings. The molecule has 1 heterocycles. The van der Waals surface area contributed by atoms with E-state index in [1.807, 2.05) is 12.1 Å². The van der Waals surface area contributed by atoms with Gasteiger partial charge in [-0.25, -0.2) is 4.98 Å². The topological polar surface area (TPSA) is 70.9 Å². The van der Waals surface area contributed by atoms with Gasteiger partial charge in [0.1, 0.15) is 0 Å². The first kappa shape index (κ1) is 10.1. The highest BCUT2D eigenvalue weighted by Crippen LogP contribution is 2.07. The van der Waals surface area contributed by atoms with Crippen LogP contribution in [0.2, 0.25) is 0 Å². The van der Waals surface area contributed by atoms with Crippen LogP contribution in [-0.4, -0.2) is 18.6 Å². The van der Waals surface area contributed by atoms with E-state index in [4.69, 9.17) is 10.3 Å². The predicted molar refractivity (Wildman–Crippen MR) is 53.8 cm³/mol. The van der Waals surface area contributed by atoms with Crippen LogP contribution in [-0.2, 0) is 0 Å². The fraction of sp³-hybridized carbons (Fsp3) is 0.222. The molecule has 0 spiro atoms. The highest BCUT2D eigenvalue weighted by atomic mass is 16.5. The molecule has 0 saturated heterocycles. The average molecular weight is 190 g/mol. The van der Waals surface area contributed by atoms with Crippen molar-refractivity contribution < 1.29 is 4.74 Å². The molecule has 0 bridgehead atoms. The summed E-state index contributed by atoms with van der Waals surface area (Å²) in [6, 6.07) is 5.46. The molecule has 5 nitrogen and oxygen atoms in total. The van der Waals surface area contributed by atoms with Crippen LogP contribution in [0.4, 0.5) is 0 Å². The summed E-state index contributed by atoms with van der Waals surface area (Å²) in [5, 5.41) is 3.36. The third-order valence-electron chi connectivity index (χ3n) is 1.49. The van der Waals surface area contributed by atoms with Crippen LogP contribution in [0.5, 0.6) is 5.88 Å². The quantitative estimate of drug-likeness (QED) is 0.415. The number of hydrogen-bond donors (Lipinski definition) is 0. The first-order valence-corrected chi connectivity index (χ1v) is 4.05. The normalized spacial score (nSPS) is 9.79. The van der Waals surface area contributed by atoms with Crippen LogP contribution in [0.25, 0.3) is 16.5 Å². The van der Waals surface area contributed by atoms with E-state index in [1.54, 1.807) is 25.3 Å². The van der Waals surface area contributed by atoms with Crippen molar-refractivity contribution in [1.29, 1.82) is 0 Å². The van der Waals surface area contributed by atoms with Crippen molar-refractivity contribution in [1.82, 2.24) is 4.98 Å². The fourth-order valence-electron chi connectivity index (χ4n) is 0.894. The second-order valence-electron chi connectivity index (χ2n) is 2.42. The molecule has 0 unspecified atom stereocenters. The van der Waals surface area contributed by atoms with Gasteiger partial charge in [-0.3, -0.25) is 0 Å². The smallest absolute Gasteiger partial charge is 0.213 e. The second-order valence-corrected chi connectivity index (χ2v) is 2.42. The Labute approximate surface area is 81.7 Å². The van der Waals surface area contributed by atoms with Crippen molar-refractivity contribution in [2.24, 2.45) is 5.11 Å². The Morgan fingerprint density at radius 1 is 1.64 bits per heavy atom. The van der Waals surface area contributed by atoms with Gasteiger partial charge in [0.25, 0.3) is 0 Å². The summed E-state index contributed by atoms with van der Waals surface area (Å²) < 4.78 is 4.96. The number of nitrogens with zero attached hydrogens (tertiary/aromatic N) is 4. The lowest BCUT2D eigenvalue weighted by Crippen LogP contribution is -1.88. The van der Waals surface area contributed by atoms with Crippen LogP contribution >= 0.6 is 0 Å². The van der Waals surface area contributed by atoms with E-state index in [2.05, 4.69) is 15.0 Å². The maximum absolute atomic E-state index is 8.03. The third-order valence-corrected chi connectivity index (χ3v) is 1.49. The molecule has 0 radical (unpaired) electrons. The number of hydrogen-bond acceptors (Lipinski definition) is 3. The zero-order chi connectivity index (χ0) is 10.2. The molecule has 0 N–H and O–H groups in total. The van der Waals surface area contributed by atoms with Gasteiger partial charge in [-0.2, -0.15) is 0 Å². The number of ether oxygens (including phenoxy) is 1. The molecular formula is C9H10N4O. The minimum absolute atomic E-state index is 0.329. The summed E-state index contributed by atoms with van der Waals surface area (Å²) in [5.41, 5.74) is 8.81. The first-order valence-electron chi connectivity index (χ1n) is 4.05. The van der Waals surface area contributed by atoms with Crippen LogP contribution < -0.4 is 4.74 Å². The molecular weight excluding hydrogens is 180 g/mol. The zero-order valence-electron chi connectivity index (χ0n) is 7.79. The Morgan fingerprint density at radius 3 is 3.21 bits per heavy atom. The van der Waals surface area contributed by atoms with Crippen LogP contribution in [0.3, 0.4) is 0 Å². The number of rotatable bonds is 4. The monoisotopic (exact) mass is 190 g/mol. The van der Waals surface area contributed by atoms with Crippen LogP contribution in [0.1, 0.15) is 5.69 Å². The minimum Gasteiger partial charge on any atom is -0.481 e. The molecule has 1 aromatic heterocycles. The van der Waals surface area contributed by atoms with Crippen LogP contribution in [0.15, 0.2) is 29.4 Å². The minimum atomic E-state index is 0.329. The van der Waals surface area contributed by atoms with Gasteiger partial charge in [0.15, 0.2) is 0 Å². The van der Waals surface area contributed by atoms with E-state index in [0.717, 1.165) is 5.69 Å².